The van der Waals surface area contributed by atoms with E-state index in [0.29, 0.717) is 6.54 Å². The van der Waals surface area contributed by atoms with E-state index in [1.54, 1.807) is 7.05 Å². The molecular formula is C7H15NO3. The fraction of sp³-hybridized carbons (Fsp3) is 0.857. The molecule has 0 aliphatic rings. The molecular weight excluding hydrogens is 146 g/mol. The lowest BCUT2D eigenvalue weighted by Crippen LogP contribution is -2.25. The topological polar surface area (TPSA) is 60.8 Å². The molecule has 2 N–H and O–H groups in total. The molecule has 0 aliphatic heterocycles. The monoisotopic (exact) mass is 161 g/mol. The average Bonchev–Trinajstić information content (AvgIpc) is 1.97. The zero-order valence-electron chi connectivity index (χ0n) is 6.79. The zero-order chi connectivity index (χ0) is 8.69. The summed E-state index contributed by atoms with van der Waals surface area (Å²) in [7, 11) is 1.54. The van der Waals surface area contributed by atoms with Gasteiger partial charge in [-0.3, -0.25) is 0 Å². The van der Waals surface area contributed by atoms with Crippen LogP contribution in [0, 0.1) is 0 Å². The summed E-state index contributed by atoms with van der Waals surface area (Å²) in [5, 5.41) is 16.8. The van der Waals surface area contributed by atoms with E-state index < -0.39 is 6.09 Å². The molecule has 0 saturated carbocycles. The number of amides is 1. The van der Waals surface area contributed by atoms with E-state index in [2.05, 4.69) is 0 Å². The van der Waals surface area contributed by atoms with Gasteiger partial charge in [-0.25, -0.2) is 4.79 Å². The first-order valence-electron chi connectivity index (χ1n) is 3.73. The Kier molecular flexibility index (Phi) is 5.56. The number of unbranched alkanes of at least 4 members (excludes halogenated alkanes) is 2. The van der Waals surface area contributed by atoms with Crippen LogP contribution in [0.2, 0.25) is 0 Å². The van der Waals surface area contributed by atoms with Gasteiger partial charge in [-0.15, -0.1) is 0 Å². The van der Waals surface area contributed by atoms with Crippen molar-refractivity contribution in [2.24, 2.45) is 0 Å². The van der Waals surface area contributed by atoms with E-state index in [4.69, 9.17) is 10.2 Å². The molecule has 0 rings (SSSR count). The van der Waals surface area contributed by atoms with Crippen LogP contribution < -0.4 is 0 Å². The number of aliphatic hydroxyl groups excluding tert-OH is 1. The van der Waals surface area contributed by atoms with Crippen LogP contribution >= 0.6 is 0 Å². The Hall–Kier alpha value is -0.770. The molecule has 66 valence electrons. The second kappa shape index (κ2) is 5.97. The Morgan fingerprint density at radius 1 is 1.36 bits per heavy atom. The van der Waals surface area contributed by atoms with Crippen molar-refractivity contribution in [2.45, 2.75) is 19.3 Å². The molecule has 0 heterocycles. The van der Waals surface area contributed by atoms with E-state index >= 15 is 0 Å². The van der Waals surface area contributed by atoms with Crippen molar-refractivity contribution in [2.75, 3.05) is 20.2 Å². The van der Waals surface area contributed by atoms with Crippen LogP contribution in [0.5, 0.6) is 0 Å². The van der Waals surface area contributed by atoms with Crippen molar-refractivity contribution in [3.05, 3.63) is 0 Å². The van der Waals surface area contributed by atoms with Gasteiger partial charge in [-0.2, -0.15) is 0 Å². The van der Waals surface area contributed by atoms with Crippen LogP contribution in [-0.2, 0) is 0 Å². The van der Waals surface area contributed by atoms with Gasteiger partial charge in [-0.1, -0.05) is 0 Å². The summed E-state index contributed by atoms with van der Waals surface area (Å²) in [6.07, 6.45) is 1.57. The third-order valence-corrected chi connectivity index (χ3v) is 1.48. The second-order valence-electron chi connectivity index (χ2n) is 2.49. The Labute approximate surface area is 66.4 Å². The van der Waals surface area contributed by atoms with Crippen molar-refractivity contribution >= 4 is 6.09 Å². The molecule has 0 unspecified atom stereocenters. The lowest BCUT2D eigenvalue weighted by Gasteiger charge is -2.11. The van der Waals surface area contributed by atoms with Crippen molar-refractivity contribution in [1.29, 1.82) is 0 Å². The molecule has 0 aliphatic carbocycles. The normalized spacial score (nSPS) is 9.64. The van der Waals surface area contributed by atoms with E-state index in [-0.39, 0.29) is 6.61 Å². The van der Waals surface area contributed by atoms with E-state index in [9.17, 15) is 4.79 Å². The summed E-state index contributed by atoms with van der Waals surface area (Å²) in [6, 6.07) is 0. The molecule has 0 aromatic carbocycles. The van der Waals surface area contributed by atoms with Gasteiger partial charge in [0.25, 0.3) is 0 Å². The van der Waals surface area contributed by atoms with Gasteiger partial charge < -0.3 is 15.1 Å². The first-order valence-corrected chi connectivity index (χ1v) is 3.73. The maximum atomic E-state index is 10.2. The standard InChI is InChI=1S/C7H15NO3/c1-8(7(10)11)5-3-2-4-6-9/h9H,2-6H2,1H3,(H,10,11). The second-order valence-corrected chi connectivity index (χ2v) is 2.49. The molecule has 0 saturated heterocycles. The Bertz CT molecular complexity index is 116. The minimum Gasteiger partial charge on any atom is -0.465 e. The predicted molar refractivity (Wildman–Crippen MR) is 41.6 cm³/mol. The Morgan fingerprint density at radius 3 is 2.45 bits per heavy atom. The van der Waals surface area contributed by atoms with Crippen LogP contribution in [0.1, 0.15) is 19.3 Å². The summed E-state index contributed by atoms with van der Waals surface area (Å²) < 4.78 is 0. The number of rotatable bonds is 5. The quantitative estimate of drug-likeness (QED) is 0.585. The van der Waals surface area contributed by atoms with Gasteiger partial charge >= 0.3 is 6.09 Å². The summed E-state index contributed by atoms with van der Waals surface area (Å²) in [5.74, 6) is 0. The summed E-state index contributed by atoms with van der Waals surface area (Å²) in [5.41, 5.74) is 0. The van der Waals surface area contributed by atoms with E-state index in [1.165, 1.54) is 4.90 Å². The van der Waals surface area contributed by atoms with Crippen molar-refractivity contribution < 1.29 is 15.0 Å². The summed E-state index contributed by atoms with van der Waals surface area (Å²) >= 11 is 0. The van der Waals surface area contributed by atoms with Crippen molar-refractivity contribution in [1.82, 2.24) is 4.90 Å². The zero-order valence-corrected chi connectivity index (χ0v) is 6.79. The molecule has 4 nitrogen and oxygen atoms in total. The van der Waals surface area contributed by atoms with Gasteiger partial charge in [0.2, 0.25) is 0 Å². The predicted octanol–water partition coefficient (Wildman–Crippen LogP) is 0.759. The van der Waals surface area contributed by atoms with Crippen LogP contribution in [0.4, 0.5) is 4.79 Å². The fourth-order valence-corrected chi connectivity index (χ4v) is 0.733. The highest BCUT2D eigenvalue weighted by Crippen LogP contribution is 1.96. The van der Waals surface area contributed by atoms with Crippen LogP contribution in [-0.4, -0.2) is 41.4 Å². The highest BCUT2D eigenvalue weighted by molar-refractivity contribution is 5.64. The molecule has 0 radical (unpaired) electrons. The smallest absolute Gasteiger partial charge is 0.407 e. The highest BCUT2D eigenvalue weighted by Gasteiger charge is 2.02. The molecule has 0 spiro atoms. The first-order chi connectivity index (χ1) is 5.18. The van der Waals surface area contributed by atoms with Crippen LogP contribution in [0.15, 0.2) is 0 Å². The number of hydrogen-bond donors (Lipinski definition) is 2. The van der Waals surface area contributed by atoms with Gasteiger partial charge in [-0.05, 0) is 19.3 Å². The van der Waals surface area contributed by atoms with Crippen LogP contribution in [0.25, 0.3) is 0 Å². The average molecular weight is 161 g/mol. The number of nitrogens with zero attached hydrogens (tertiary/aromatic N) is 1. The lowest BCUT2D eigenvalue weighted by atomic mass is 10.2. The number of carbonyl (C=O) groups is 1. The number of carboxylic acid groups (broad SMARTS) is 1. The summed E-state index contributed by atoms with van der Waals surface area (Å²) in [6.45, 7) is 0.742. The van der Waals surface area contributed by atoms with E-state index in [1.807, 2.05) is 0 Å². The molecule has 0 aromatic heterocycles. The minimum absolute atomic E-state index is 0.191. The number of aliphatic hydroxyl groups is 1. The van der Waals surface area contributed by atoms with Crippen LogP contribution in [0.3, 0.4) is 0 Å². The Balaban J connectivity index is 3.17. The molecule has 0 fully saturated rings. The maximum Gasteiger partial charge on any atom is 0.407 e. The first kappa shape index (κ1) is 10.2. The molecule has 0 aromatic rings. The minimum atomic E-state index is -0.894. The highest BCUT2D eigenvalue weighted by atomic mass is 16.4. The number of hydrogen-bond acceptors (Lipinski definition) is 2. The van der Waals surface area contributed by atoms with Gasteiger partial charge in [0.05, 0.1) is 0 Å². The van der Waals surface area contributed by atoms with Gasteiger partial charge in [0.1, 0.15) is 0 Å². The lowest BCUT2D eigenvalue weighted by molar-refractivity contribution is 0.155. The van der Waals surface area contributed by atoms with Gasteiger partial charge in [0, 0.05) is 20.2 Å². The summed E-state index contributed by atoms with van der Waals surface area (Å²) in [4.78, 5) is 11.5. The molecule has 11 heavy (non-hydrogen) atoms. The van der Waals surface area contributed by atoms with Crippen molar-refractivity contribution in [3.8, 4) is 0 Å². The molecule has 4 heteroatoms. The SMILES string of the molecule is CN(CCCCCO)C(=O)O. The third-order valence-electron chi connectivity index (χ3n) is 1.48. The molecule has 0 atom stereocenters. The third kappa shape index (κ3) is 5.66. The molecule has 1 amide bonds. The molecule has 0 bridgehead atoms. The maximum absolute atomic E-state index is 10.2. The fourth-order valence-electron chi connectivity index (χ4n) is 0.733. The van der Waals surface area contributed by atoms with E-state index in [0.717, 1.165) is 19.3 Å². The van der Waals surface area contributed by atoms with Gasteiger partial charge in [0.15, 0.2) is 0 Å². The Morgan fingerprint density at radius 2 is 2.00 bits per heavy atom. The van der Waals surface area contributed by atoms with Crippen molar-refractivity contribution in [3.63, 3.8) is 0 Å². The largest absolute Gasteiger partial charge is 0.465 e.